The Morgan fingerprint density at radius 2 is 1.37 bits per heavy atom. The Balaban J connectivity index is 2.52. The van der Waals surface area contributed by atoms with Crippen LogP contribution in [-0.2, 0) is 0 Å². The first-order chi connectivity index (χ1) is 9.13. The van der Waals surface area contributed by atoms with Gasteiger partial charge in [0.05, 0.1) is 4.90 Å². The molecule has 0 atom stereocenters. The van der Waals surface area contributed by atoms with Crippen molar-refractivity contribution in [2.45, 2.75) is 11.8 Å². The molecule has 0 radical (unpaired) electrons. The molecule has 2 nitrogen and oxygen atoms in total. The van der Waals surface area contributed by atoms with Gasteiger partial charge in [-0.3, -0.25) is 0 Å². The summed E-state index contributed by atoms with van der Waals surface area (Å²) in [6, 6.07) is 11.4. The maximum atomic E-state index is 10.1. The molecular weight excluding hydrogens is 256 g/mol. The van der Waals surface area contributed by atoms with Crippen molar-refractivity contribution in [1.82, 2.24) is 0 Å². The van der Waals surface area contributed by atoms with E-state index < -0.39 is 0 Å². The van der Waals surface area contributed by atoms with Gasteiger partial charge in [-0.1, -0.05) is 18.2 Å². The fourth-order valence-electron chi connectivity index (χ4n) is 2.49. The molecule has 0 aliphatic rings. The Kier molecular flexibility index (Phi) is 2.79. The summed E-state index contributed by atoms with van der Waals surface area (Å²) in [5, 5.41) is 24.0. The molecule has 0 aliphatic carbocycles. The first-order valence-electron chi connectivity index (χ1n) is 6.04. The lowest BCUT2D eigenvalue weighted by Crippen LogP contribution is -1.84. The second-order valence-electron chi connectivity index (χ2n) is 4.60. The van der Waals surface area contributed by atoms with Crippen LogP contribution in [0.25, 0.3) is 21.5 Å². The smallest absolute Gasteiger partial charge is 0.129 e. The van der Waals surface area contributed by atoms with E-state index in [4.69, 9.17) is 0 Å². The lowest BCUT2D eigenvalue weighted by atomic mass is 9.99. The number of phenolic OH excluding ortho intramolecular Hbond substituents is 2. The third-order valence-electron chi connectivity index (χ3n) is 3.51. The molecule has 0 unspecified atom stereocenters. The predicted molar refractivity (Wildman–Crippen MR) is 81.3 cm³/mol. The van der Waals surface area contributed by atoms with Crippen molar-refractivity contribution in [3.63, 3.8) is 0 Å². The van der Waals surface area contributed by atoms with Gasteiger partial charge in [-0.05, 0) is 53.1 Å². The number of hydrogen-bond donors (Lipinski definition) is 2. The van der Waals surface area contributed by atoms with Crippen molar-refractivity contribution in [1.29, 1.82) is 0 Å². The van der Waals surface area contributed by atoms with Crippen LogP contribution in [0.1, 0.15) is 5.56 Å². The topological polar surface area (TPSA) is 40.5 Å². The minimum absolute atomic E-state index is 0.302. The van der Waals surface area contributed by atoms with Gasteiger partial charge < -0.3 is 10.2 Å². The third-order valence-corrected chi connectivity index (χ3v) is 4.34. The van der Waals surface area contributed by atoms with E-state index in [1.807, 2.05) is 43.5 Å². The van der Waals surface area contributed by atoms with Gasteiger partial charge >= 0.3 is 0 Å². The molecule has 0 amide bonds. The highest BCUT2D eigenvalue weighted by atomic mass is 32.2. The monoisotopic (exact) mass is 270 g/mol. The summed E-state index contributed by atoms with van der Waals surface area (Å²) >= 11 is 1.53. The minimum atomic E-state index is 0.302. The maximum absolute atomic E-state index is 10.1. The Labute approximate surface area is 115 Å². The molecule has 96 valence electrons. The van der Waals surface area contributed by atoms with Crippen LogP contribution in [0.2, 0.25) is 0 Å². The minimum Gasteiger partial charge on any atom is -0.507 e. The summed E-state index contributed by atoms with van der Waals surface area (Å²) in [6.45, 7) is 1.89. The van der Waals surface area contributed by atoms with Gasteiger partial charge in [0, 0.05) is 5.39 Å². The van der Waals surface area contributed by atoms with Crippen molar-refractivity contribution in [2.75, 3.05) is 6.26 Å². The first kappa shape index (κ1) is 12.2. The van der Waals surface area contributed by atoms with Gasteiger partial charge in [-0.25, -0.2) is 0 Å². The number of hydrogen-bond acceptors (Lipinski definition) is 3. The molecule has 0 fully saturated rings. The Morgan fingerprint density at radius 3 is 2.11 bits per heavy atom. The van der Waals surface area contributed by atoms with E-state index in [0.717, 1.165) is 32.0 Å². The molecule has 0 aromatic heterocycles. The quantitative estimate of drug-likeness (QED) is 0.507. The van der Waals surface area contributed by atoms with Crippen molar-refractivity contribution >= 4 is 33.3 Å². The average molecular weight is 270 g/mol. The second-order valence-corrected chi connectivity index (χ2v) is 5.42. The highest BCUT2D eigenvalue weighted by Gasteiger charge is 2.11. The molecule has 2 N–H and O–H groups in total. The van der Waals surface area contributed by atoms with Crippen LogP contribution in [0.3, 0.4) is 0 Å². The summed E-state index contributed by atoms with van der Waals surface area (Å²) in [4.78, 5) is 0.875. The molecule has 0 aliphatic heterocycles. The van der Waals surface area contributed by atoms with E-state index >= 15 is 0 Å². The van der Waals surface area contributed by atoms with Crippen LogP contribution in [0.4, 0.5) is 0 Å². The summed E-state index contributed by atoms with van der Waals surface area (Å²) in [5.41, 5.74) is 0.871. The van der Waals surface area contributed by atoms with Crippen molar-refractivity contribution in [3.8, 4) is 11.5 Å². The Hall–Kier alpha value is -1.87. The third kappa shape index (κ3) is 1.73. The van der Waals surface area contributed by atoms with Crippen LogP contribution in [0.15, 0.2) is 41.3 Å². The number of rotatable bonds is 1. The van der Waals surface area contributed by atoms with Gasteiger partial charge in [0.15, 0.2) is 0 Å². The van der Waals surface area contributed by atoms with E-state index in [1.165, 1.54) is 11.8 Å². The molecule has 19 heavy (non-hydrogen) atoms. The standard InChI is InChI=1S/C16H14O2S/c1-9-3-4-10-11-7-8-14(17)16(19-2)13(11)6-5-12(10)15(9)18/h3-8,17-18H,1-2H3. The van der Waals surface area contributed by atoms with E-state index in [9.17, 15) is 10.2 Å². The van der Waals surface area contributed by atoms with Gasteiger partial charge in [-0.2, -0.15) is 0 Å². The van der Waals surface area contributed by atoms with E-state index in [0.29, 0.717) is 11.5 Å². The fraction of sp³-hybridized carbons (Fsp3) is 0.125. The van der Waals surface area contributed by atoms with Gasteiger partial charge in [0.2, 0.25) is 0 Å². The number of phenols is 2. The zero-order valence-electron chi connectivity index (χ0n) is 10.8. The number of thioether (sulfide) groups is 1. The van der Waals surface area contributed by atoms with Gasteiger partial charge in [0.1, 0.15) is 11.5 Å². The molecule has 0 saturated heterocycles. The van der Waals surface area contributed by atoms with Crippen LogP contribution in [0, 0.1) is 6.92 Å². The summed E-state index contributed by atoms with van der Waals surface area (Å²) in [7, 11) is 0. The number of benzene rings is 3. The van der Waals surface area contributed by atoms with E-state index in [-0.39, 0.29) is 0 Å². The van der Waals surface area contributed by atoms with Gasteiger partial charge in [0.25, 0.3) is 0 Å². The van der Waals surface area contributed by atoms with Crippen LogP contribution in [-0.4, -0.2) is 16.5 Å². The van der Waals surface area contributed by atoms with E-state index in [2.05, 4.69) is 0 Å². The average Bonchev–Trinajstić information content (AvgIpc) is 2.42. The normalized spacial score (nSPS) is 11.3. The SMILES string of the molecule is CSc1c(O)ccc2c1ccc1c(O)c(C)ccc12. The summed E-state index contributed by atoms with van der Waals surface area (Å²) < 4.78 is 0. The highest BCUT2D eigenvalue weighted by molar-refractivity contribution is 7.99. The lowest BCUT2D eigenvalue weighted by Gasteiger charge is -2.11. The maximum Gasteiger partial charge on any atom is 0.129 e. The number of aromatic hydroxyl groups is 2. The fourth-order valence-corrected chi connectivity index (χ4v) is 3.17. The molecule has 0 bridgehead atoms. The molecule has 0 saturated carbocycles. The lowest BCUT2D eigenvalue weighted by molar-refractivity contribution is 0.464. The van der Waals surface area contributed by atoms with Crippen molar-refractivity contribution in [3.05, 3.63) is 42.0 Å². The Morgan fingerprint density at radius 1 is 0.789 bits per heavy atom. The number of fused-ring (bicyclic) bond motifs is 3. The van der Waals surface area contributed by atoms with Crippen LogP contribution < -0.4 is 0 Å². The van der Waals surface area contributed by atoms with Crippen molar-refractivity contribution < 1.29 is 10.2 Å². The zero-order chi connectivity index (χ0) is 13.6. The van der Waals surface area contributed by atoms with Crippen LogP contribution >= 0.6 is 11.8 Å². The zero-order valence-corrected chi connectivity index (χ0v) is 11.6. The van der Waals surface area contributed by atoms with E-state index in [1.54, 1.807) is 6.07 Å². The first-order valence-corrected chi connectivity index (χ1v) is 7.27. The molecule has 3 aromatic rings. The molecule has 3 rings (SSSR count). The molecule has 0 spiro atoms. The van der Waals surface area contributed by atoms with Crippen LogP contribution in [0.5, 0.6) is 11.5 Å². The molecular formula is C16H14O2S. The highest BCUT2D eigenvalue weighted by Crippen LogP contribution is 2.39. The molecule has 3 aromatic carbocycles. The largest absolute Gasteiger partial charge is 0.507 e. The predicted octanol–water partition coefficient (Wildman–Crippen LogP) is 4.43. The number of aryl methyl sites for hydroxylation is 1. The summed E-state index contributed by atoms with van der Waals surface area (Å²) in [6.07, 6.45) is 1.95. The van der Waals surface area contributed by atoms with Crippen molar-refractivity contribution in [2.24, 2.45) is 0 Å². The summed E-state index contributed by atoms with van der Waals surface area (Å²) in [5.74, 6) is 0.633. The Bertz CT molecular complexity index is 794. The molecule has 3 heteroatoms. The van der Waals surface area contributed by atoms with Gasteiger partial charge in [-0.15, -0.1) is 11.8 Å². The second kappa shape index (κ2) is 4.35. The molecule has 0 heterocycles.